The lowest BCUT2D eigenvalue weighted by Gasteiger charge is -2.53. The van der Waals surface area contributed by atoms with Crippen LogP contribution in [-0.2, 0) is 0 Å². The fourth-order valence-corrected chi connectivity index (χ4v) is 18.5. The molecule has 0 aromatic carbocycles. The van der Waals surface area contributed by atoms with Gasteiger partial charge in [-0.2, -0.15) is 0 Å². The smallest absolute Gasteiger partial charge is 0.0641 e. The van der Waals surface area contributed by atoms with E-state index in [2.05, 4.69) is 55.5 Å². The van der Waals surface area contributed by atoms with E-state index in [1.807, 2.05) is 0 Å². The third kappa shape index (κ3) is 5.02. The number of fused-ring (bicyclic) bond motifs is 2. The fraction of sp³-hybridized carbons (Fsp3) is 0.758. The maximum Gasteiger partial charge on any atom is 0.0641 e. The van der Waals surface area contributed by atoms with Crippen LogP contribution in [0.2, 0.25) is 22.7 Å². The van der Waals surface area contributed by atoms with Crippen LogP contribution >= 0.6 is 0 Å². The van der Waals surface area contributed by atoms with E-state index in [0.29, 0.717) is 0 Å². The van der Waals surface area contributed by atoms with Crippen molar-refractivity contribution in [3.8, 4) is 0 Å². The van der Waals surface area contributed by atoms with Crippen molar-refractivity contribution in [1.29, 1.82) is 0 Å². The zero-order valence-electron chi connectivity index (χ0n) is 22.2. The number of hydrogen-bond donors (Lipinski definition) is 0. The van der Waals surface area contributed by atoms with E-state index >= 15 is 0 Å². The van der Waals surface area contributed by atoms with Crippen molar-refractivity contribution in [2.24, 2.45) is 23.7 Å². The zero-order valence-corrected chi connectivity index (χ0v) is 23.2. The summed E-state index contributed by atoms with van der Waals surface area (Å²) in [5, 5.41) is 0. The summed E-state index contributed by atoms with van der Waals surface area (Å²) in [6, 6.07) is 1.67. The van der Waals surface area contributed by atoms with E-state index < -0.39 is 8.07 Å². The molecule has 0 bridgehead atoms. The molecule has 1 heteroatoms. The monoisotopic (exact) mass is 476 g/mol. The highest BCUT2D eigenvalue weighted by Crippen LogP contribution is 2.65. The maximum absolute atomic E-state index is 2.70. The quantitative estimate of drug-likeness (QED) is 0.205. The van der Waals surface area contributed by atoms with E-state index in [0.717, 1.165) is 40.3 Å². The highest BCUT2D eigenvalue weighted by Gasteiger charge is 2.59. The molecule has 0 N–H and O–H groups in total. The van der Waals surface area contributed by atoms with Gasteiger partial charge in [0.15, 0.2) is 0 Å². The van der Waals surface area contributed by atoms with Gasteiger partial charge in [0.2, 0.25) is 0 Å². The van der Waals surface area contributed by atoms with Crippen LogP contribution in [0, 0.1) is 23.7 Å². The summed E-state index contributed by atoms with van der Waals surface area (Å²) < 4.78 is 0. The summed E-state index contributed by atoms with van der Waals surface area (Å²) in [6.45, 7) is 2.34. The van der Waals surface area contributed by atoms with Crippen LogP contribution in [-0.4, -0.2) is 8.07 Å². The first-order chi connectivity index (χ1) is 16.8. The van der Waals surface area contributed by atoms with Gasteiger partial charge < -0.3 is 0 Å². The van der Waals surface area contributed by atoms with Crippen LogP contribution in [0.3, 0.4) is 0 Å². The molecule has 0 saturated heterocycles. The molecule has 5 aliphatic rings. The molecule has 0 spiro atoms. The maximum atomic E-state index is 2.70. The van der Waals surface area contributed by atoms with Crippen LogP contribution in [0.25, 0.3) is 0 Å². The predicted octanol–water partition coefficient (Wildman–Crippen LogP) is 10.6. The molecule has 0 aliphatic heterocycles. The molecule has 0 aromatic rings. The van der Waals surface area contributed by atoms with Gasteiger partial charge in [0.25, 0.3) is 0 Å². The van der Waals surface area contributed by atoms with Gasteiger partial charge in [-0.1, -0.05) is 151 Å². The van der Waals surface area contributed by atoms with E-state index in [1.54, 1.807) is 38.1 Å². The lowest BCUT2D eigenvalue weighted by Crippen LogP contribution is -2.52. The molecule has 0 amide bonds. The molecule has 34 heavy (non-hydrogen) atoms. The summed E-state index contributed by atoms with van der Waals surface area (Å²) >= 11 is 0. The second-order valence-corrected chi connectivity index (χ2v) is 17.7. The van der Waals surface area contributed by atoms with Gasteiger partial charge >= 0.3 is 0 Å². The topological polar surface area (TPSA) is 0 Å². The molecule has 0 radical (unpaired) electrons. The molecule has 6 unspecified atom stereocenters. The van der Waals surface area contributed by atoms with Gasteiger partial charge in [-0.25, -0.2) is 0 Å². The average Bonchev–Trinajstić information content (AvgIpc) is 3.52. The third-order valence-corrected chi connectivity index (χ3v) is 18.5. The van der Waals surface area contributed by atoms with Gasteiger partial charge in [0.05, 0.1) is 8.07 Å². The lowest BCUT2D eigenvalue weighted by atomic mass is 9.91. The number of allylic oxidation sites excluding steroid dienone is 8. The average molecular weight is 477 g/mol. The molecule has 6 atom stereocenters. The highest BCUT2D eigenvalue weighted by atomic mass is 28.3. The van der Waals surface area contributed by atoms with Gasteiger partial charge in [0, 0.05) is 0 Å². The van der Waals surface area contributed by atoms with E-state index in [-0.39, 0.29) is 0 Å². The highest BCUT2D eigenvalue weighted by molar-refractivity contribution is 6.84. The van der Waals surface area contributed by atoms with Crippen molar-refractivity contribution < 1.29 is 0 Å². The fourth-order valence-electron chi connectivity index (χ4n) is 9.65. The van der Waals surface area contributed by atoms with Crippen LogP contribution < -0.4 is 0 Å². The van der Waals surface area contributed by atoms with E-state index in [1.165, 1.54) is 70.6 Å². The summed E-state index contributed by atoms with van der Waals surface area (Å²) in [7, 11) is -1.49. The minimum atomic E-state index is -1.49. The normalized spacial score (nSPS) is 36.5. The molecular formula is C33H52Si. The van der Waals surface area contributed by atoms with Gasteiger partial charge in [-0.3, -0.25) is 0 Å². The van der Waals surface area contributed by atoms with Crippen molar-refractivity contribution in [3.05, 3.63) is 48.6 Å². The number of hydrogen-bond acceptors (Lipinski definition) is 0. The summed E-state index contributed by atoms with van der Waals surface area (Å²) in [4.78, 5) is 0. The second-order valence-electron chi connectivity index (χ2n) is 12.7. The number of unbranched alkanes of at least 4 members (excludes halogenated alkanes) is 6. The molecule has 3 fully saturated rings. The first-order valence-corrected chi connectivity index (χ1v) is 18.0. The molecule has 5 rings (SSSR count). The summed E-state index contributed by atoms with van der Waals surface area (Å²) in [5.74, 6) is 3.48. The minimum Gasteiger partial charge on any atom is -0.0808 e. The summed E-state index contributed by atoms with van der Waals surface area (Å²) in [6.07, 6.45) is 44.3. The van der Waals surface area contributed by atoms with Crippen LogP contribution in [0.1, 0.15) is 110 Å². The molecule has 188 valence electrons. The largest absolute Gasteiger partial charge is 0.0808 e. The summed E-state index contributed by atoms with van der Waals surface area (Å²) in [5.41, 5.74) is 3.24. The van der Waals surface area contributed by atoms with Gasteiger partial charge in [0.1, 0.15) is 0 Å². The Morgan fingerprint density at radius 1 is 0.559 bits per heavy atom. The van der Waals surface area contributed by atoms with Crippen molar-refractivity contribution in [2.75, 3.05) is 0 Å². The Hall–Kier alpha value is -0.823. The van der Waals surface area contributed by atoms with Crippen molar-refractivity contribution in [3.63, 3.8) is 0 Å². The standard InChI is InChI=1S/C33H52Si/c1-2-3-4-5-6-7-15-26-34(29-18-9-8-10-19-29,32-24-22-27-16-11-13-20-30(27)32)33-25-23-28-17-12-14-21-31(28)33/h11-14,16-17,20-21,27-33H,2-10,15,18-19,22-26H2,1H3. The Bertz CT molecular complexity index is 707. The predicted molar refractivity (Wildman–Crippen MR) is 152 cm³/mol. The molecule has 3 saturated carbocycles. The molecule has 0 nitrogen and oxygen atoms in total. The number of rotatable bonds is 11. The van der Waals surface area contributed by atoms with Crippen LogP contribution in [0.4, 0.5) is 0 Å². The van der Waals surface area contributed by atoms with Crippen molar-refractivity contribution in [2.45, 2.75) is 132 Å². The van der Waals surface area contributed by atoms with E-state index in [4.69, 9.17) is 0 Å². The molecular weight excluding hydrogens is 424 g/mol. The Morgan fingerprint density at radius 2 is 1.09 bits per heavy atom. The minimum absolute atomic E-state index is 0.860. The molecule has 5 aliphatic carbocycles. The SMILES string of the molecule is CCCCCCCCC[Si](C1CCCCC1)(C1CCC2C=CC=CC21)C1CCC2C=CC=CC21. The van der Waals surface area contributed by atoms with Gasteiger partial charge in [-0.15, -0.1) is 0 Å². The van der Waals surface area contributed by atoms with Crippen molar-refractivity contribution in [1.82, 2.24) is 0 Å². The van der Waals surface area contributed by atoms with Crippen LogP contribution in [0.15, 0.2) is 48.6 Å². The molecule has 0 aromatic heterocycles. The van der Waals surface area contributed by atoms with Crippen LogP contribution in [0.5, 0.6) is 0 Å². The Balaban J connectivity index is 1.43. The zero-order chi connectivity index (χ0) is 23.2. The lowest BCUT2D eigenvalue weighted by molar-refractivity contribution is 0.445. The third-order valence-electron chi connectivity index (χ3n) is 11.1. The van der Waals surface area contributed by atoms with Gasteiger partial charge in [-0.05, 0) is 53.1 Å². The second kappa shape index (κ2) is 11.9. The Morgan fingerprint density at radius 3 is 1.68 bits per heavy atom. The van der Waals surface area contributed by atoms with Crippen molar-refractivity contribution >= 4 is 8.07 Å². The first kappa shape index (κ1) is 24.9. The Labute approximate surface area is 212 Å². The van der Waals surface area contributed by atoms with E-state index in [9.17, 15) is 0 Å². The molecule has 0 heterocycles. The first-order valence-electron chi connectivity index (χ1n) is 15.5. The Kier molecular flexibility index (Phi) is 8.73.